The standard InChI is InChI=1S/C15H21N3/c1-4-5-8-16-15-17-9-10-18(15)14-7-6-12(2)13(3)11-14/h6-7,9-11H,4-5,8H2,1-3H3,(H,16,17). The highest BCUT2D eigenvalue weighted by Crippen LogP contribution is 2.17. The summed E-state index contributed by atoms with van der Waals surface area (Å²) in [6.07, 6.45) is 6.19. The number of anilines is 1. The van der Waals surface area contributed by atoms with Gasteiger partial charge in [0.05, 0.1) is 0 Å². The number of hydrogen-bond acceptors (Lipinski definition) is 2. The van der Waals surface area contributed by atoms with Crippen molar-refractivity contribution in [2.75, 3.05) is 11.9 Å². The molecule has 0 saturated carbocycles. The maximum Gasteiger partial charge on any atom is 0.207 e. The summed E-state index contributed by atoms with van der Waals surface area (Å²) < 4.78 is 2.10. The lowest BCUT2D eigenvalue weighted by Crippen LogP contribution is -2.07. The zero-order chi connectivity index (χ0) is 13.0. The Morgan fingerprint density at radius 3 is 2.78 bits per heavy atom. The van der Waals surface area contributed by atoms with Gasteiger partial charge in [0.15, 0.2) is 0 Å². The lowest BCUT2D eigenvalue weighted by atomic mass is 10.1. The van der Waals surface area contributed by atoms with E-state index >= 15 is 0 Å². The average molecular weight is 243 g/mol. The Morgan fingerprint density at radius 1 is 1.22 bits per heavy atom. The third-order valence-corrected chi connectivity index (χ3v) is 3.22. The predicted octanol–water partition coefficient (Wildman–Crippen LogP) is 3.70. The second-order valence-electron chi connectivity index (χ2n) is 4.67. The first-order valence-corrected chi connectivity index (χ1v) is 6.57. The topological polar surface area (TPSA) is 29.9 Å². The number of nitrogens with one attached hydrogen (secondary N) is 1. The van der Waals surface area contributed by atoms with Crippen LogP contribution in [0, 0.1) is 13.8 Å². The van der Waals surface area contributed by atoms with Crippen LogP contribution in [0.25, 0.3) is 5.69 Å². The van der Waals surface area contributed by atoms with E-state index in [1.54, 1.807) is 0 Å². The molecular weight excluding hydrogens is 222 g/mol. The van der Waals surface area contributed by atoms with E-state index in [-0.39, 0.29) is 0 Å². The molecule has 2 rings (SSSR count). The van der Waals surface area contributed by atoms with Crippen LogP contribution in [0.4, 0.5) is 5.95 Å². The van der Waals surface area contributed by atoms with Gasteiger partial charge in [-0.25, -0.2) is 4.98 Å². The molecule has 96 valence electrons. The fourth-order valence-electron chi connectivity index (χ4n) is 1.89. The predicted molar refractivity (Wildman–Crippen MR) is 76.4 cm³/mol. The highest BCUT2D eigenvalue weighted by molar-refractivity contribution is 5.45. The number of imidazole rings is 1. The summed E-state index contributed by atoms with van der Waals surface area (Å²) in [7, 11) is 0. The Bertz CT molecular complexity index is 514. The van der Waals surface area contributed by atoms with Gasteiger partial charge in [0.25, 0.3) is 0 Å². The fourth-order valence-corrected chi connectivity index (χ4v) is 1.89. The molecule has 0 spiro atoms. The van der Waals surface area contributed by atoms with Crippen LogP contribution in [0.3, 0.4) is 0 Å². The number of nitrogens with zero attached hydrogens (tertiary/aromatic N) is 2. The van der Waals surface area contributed by atoms with Crippen LogP contribution in [-0.4, -0.2) is 16.1 Å². The van der Waals surface area contributed by atoms with E-state index in [0.717, 1.165) is 18.2 Å². The number of aryl methyl sites for hydroxylation is 2. The lowest BCUT2D eigenvalue weighted by molar-refractivity contribution is 0.823. The quantitative estimate of drug-likeness (QED) is 0.811. The van der Waals surface area contributed by atoms with Crippen molar-refractivity contribution < 1.29 is 0 Å². The summed E-state index contributed by atoms with van der Waals surface area (Å²) in [5.74, 6) is 0.923. The van der Waals surface area contributed by atoms with Crippen molar-refractivity contribution in [1.82, 2.24) is 9.55 Å². The molecule has 0 unspecified atom stereocenters. The number of rotatable bonds is 5. The molecule has 0 aliphatic heterocycles. The second-order valence-corrected chi connectivity index (χ2v) is 4.67. The first-order chi connectivity index (χ1) is 8.72. The molecule has 3 heteroatoms. The average Bonchev–Trinajstić information content (AvgIpc) is 2.81. The Hall–Kier alpha value is -1.77. The van der Waals surface area contributed by atoms with Crippen molar-refractivity contribution in [2.45, 2.75) is 33.6 Å². The van der Waals surface area contributed by atoms with Gasteiger partial charge < -0.3 is 5.32 Å². The van der Waals surface area contributed by atoms with Crippen molar-refractivity contribution >= 4 is 5.95 Å². The van der Waals surface area contributed by atoms with Gasteiger partial charge in [-0.05, 0) is 43.5 Å². The molecule has 0 saturated heterocycles. The van der Waals surface area contributed by atoms with E-state index in [4.69, 9.17) is 0 Å². The zero-order valence-corrected chi connectivity index (χ0v) is 11.4. The fraction of sp³-hybridized carbons (Fsp3) is 0.400. The molecule has 0 aliphatic carbocycles. The maximum atomic E-state index is 4.37. The lowest BCUT2D eigenvalue weighted by Gasteiger charge is -2.11. The Morgan fingerprint density at radius 2 is 2.06 bits per heavy atom. The van der Waals surface area contributed by atoms with Crippen LogP contribution in [0.5, 0.6) is 0 Å². The Kier molecular flexibility index (Phi) is 4.03. The first kappa shape index (κ1) is 12.7. The van der Waals surface area contributed by atoms with Gasteiger partial charge in [-0.2, -0.15) is 0 Å². The molecule has 0 aliphatic rings. The van der Waals surface area contributed by atoms with Crippen molar-refractivity contribution in [2.24, 2.45) is 0 Å². The highest BCUT2D eigenvalue weighted by Gasteiger charge is 2.04. The normalized spacial score (nSPS) is 10.6. The summed E-state index contributed by atoms with van der Waals surface area (Å²) in [5, 5.41) is 3.38. The molecule has 18 heavy (non-hydrogen) atoms. The van der Waals surface area contributed by atoms with Crippen molar-refractivity contribution in [3.63, 3.8) is 0 Å². The summed E-state index contributed by atoms with van der Waals surface area (Å²) in [4.78, 5) is 4.37. The van der Waals surface area contributed by atoms with E-state index < -0.39 is 0 Å². The van der Waals surface area contributed by atoms with Crippen molar-refractivity contribution in [3.8, 4) is 5.69 Å². The van der Waals surface area contributed by atoms with Crippen LogP contribution in [-0.2, 0) is 0 Å². The van der Waals surface area contributed by atoms with Gasteiger partial charge in [0.2, 0.25) is 5.95 Å². The number of benzene rings is 1. The van der Waals surface area contributed by atoms with Crippen molar-refractivity contribution in [1.29, 1.82) is 0 Å². The van der Waals surface area contributed by atoms with E-state index in [9.17, 15) is 0 Å². The minimum atomic E-state index is 0.923. The number of unbranched alkanes of at least 4 members (excludes halogenated alkanes) is 1. The smallest absolute Gasteiger partial charge is 0.207 e. The minimum Gasteiger partial charge on any atom is -0.355 e. The summed E-state index contributed by atoms with van der Waals surface area (Å²) >= 11 is 0. The molecule has 0 atom stereocenters. The van der Waals surface area contributed by atoms with E-state index in [1.165, 1.54) is 24.0 Å². The molecule has 3 nitrogen and oxygen atoms in total. The molecule has 0 bridgehead atoms. The van der Waals surface area contributed by atoms with Crippen LogP contribution in [0.2, 0.25) is 0 Å². The molecule has 0 amide bonds. The maximum absolute atomic E-state index is 4.37. The molecule has 1 N–H and O–H groups in total. The number of hydrogen-bond donors (Lipinski definition) is 1. The minimum absolute atomic E-state index is 0.923. The summed E-state index contributed by atoms with van der Waals surface area (Å²) in [5.41, 5.74) is 3.79. The van der Waals surface area contributed by atoms with Crippen LogP contribution in [0.15, 0.2) is 30.6 Å². The van der Waals surface area contributed by atoms with E-state index in [0.29, 0.717) is 0 Å². The Balaban J connectivity index is 2.22. The van der Waals surface area contributed by atoms with Crippen LogP contribution < -0.4 is 5.32 Å². The first-order valence-electron chi connectivity index (χ1n) is 6.57. The van der Waals surface area contributed by atoms with E-state index in [1.807, 2.05) is 12.4 Å². The van der Waals surface area contributed by atoms with Gasteiger partial charge in [0.1, 0.15) is 0 Å². The summed E-state index contributed by atoms with van der Waals surface area (Å²) in [6.45, 7) is 7.43. The van der Waals surface area contributed by atoms with Gasteiger partial charge >= 0.3 is 0 Å². The molecule has 1 aromatic carbocycles. The monoisotopic (exact) mass is 243 g/mol. The third-order valence-electron chi connectivity index (χ3n) is 3.22. The van der Waals surface area contributed by atoms with Gasteiger partial charge in [-0.15, -0.1) is 0 Å². The van der Waals surface area contributed by atoms with Gasteiger partial charge in [-0.1, -0.05) is 19.4 Å². The SMILES string of the molecule is CCCCNc1nccn1-c1ccc(C)c(C)c1. The Labute approximate surface area is 109 Å². The zero-order valence-electron chi connectivity index (χ0n) is 11.4. The molecule has 1 aromatic heterocycles. The second kappa shape index (κ2) is 5.71. The number of aromatic nitrogens is 2. The van der Waals surface area contributed by atoms with E-state index in [2.05, 4.69) is 53.8 Å². The molecule has 0 radical (unpaired) electrons. The largest absolute Gasteiger partial charge is 0.355 e. The summed E-state index contributed by atoms with van der Waals surface area (Å²) in [6, 6.07) is 6.48. The van der Waals surface area contributed by atoms with Gasteiger partial charge in [0, 0.05) is 24.6 Å². The van der Waals surface area contributed by atoms with Crippen molar-refractivity contribution in [3.05, 3.63) is 41.7 Å². The molecule has 2 aromatic rings. The van der Waals surface area contributed by atoms with Crippen LogP contribution in [0.1, 0.15) is 30.9 Å². The third kappa shape index (κ3) is 2.73. The molecule has 1 heterocycles. The van der Waals surface area contributed by atoms with Gasteiger partial charge in [-0.3, -0.25) is 4.57 Å². The van der Waals surface area contributed by atoms with Crippen LogP contribution >= 0.6 is 0 Å². The molecule has 0 fully saturated rings. The molecular formula is C15H21N3. The highest BCUT2D eigenvalue weighted by atomic mass is 15.2.